The molecule has 3 aliphatic rings. The number of nitriles is 1. The molecule has 0 bridgehead atoms. The Morgan fingerprint density at radius 3 is 2.60 bits per heavy atom. The first-order chi connectivity index (χ1) is 16.9. The Bertz CT molecular complexity index is 1180. The highest BCUT2D eigenvalue weighted by Gasteiger charge is 2.63. The minimum atomic E-state index is -1.93. The highest BCUT2D eigenvalue weighted by molar-refractivity contribution is 7.82. The second-order valence-corrected chi connectivity index (χ2v) is 10.8. The molecule has 4 unspecified atom stereocenters. The van der Waals surface area contributed by atoms with Crippen molar-refractivity contribution in [1.82, 2.24) is 9.62 Å². The van der Waals surface area contributed by atoms with Gasteiger partial charge in [-0.1, -0.05) is 48.5 Å². The maximum absolute atomic E-state index is 15.7. The standard InChI is InChI=1S/C26H27F2N3O3S/c27-17-35(33)30-23-21(14-19-8-4-9-20(22(19)28)18-6-2-1-3-7-18)31(16-25(23)11-12-25)24(32)26(15-29)10-5-13-34-26/h1-4,6-9,21,23,30H,5,10-14,16-17H2. The lowest BCUT2D eigenvalue weighted by molar-refractivity contribution is -0.148. The minimum Gasteiger partial charge on any atom is -0.352 e. The first kappa shape index (κ1) is 24.0. The van der Waals surface area contributed by atoms with Gasteiger partial charge in [0.15, 0.2) is 6.01 Å². The van der Waals surface area contributed by atoms with Crippen LogP contribution >= 0.6 is 0 Å². The van der Waals surface area contributed by atoms with Crippen LogP contribution in [0.1, 0.15) is 31.2 Å². The number of nitrogens with zero attached hydrogens (tertiary/aromatic N) is 2. The molecule has 6 nitrogen and oxygen atoms in total. The van der Waals surface area contributed by atoms with Crippen LogP contribution in [0.4, 0.5) is 8.78 Å². The Hall–Kier alpha value is -2.67. The Morgan fingerprint density at radius 2 is 1.97 bits per heavy atom. The first-order valence-corrected chi connectivity index (χ1v) is 13.1. The lowest BCUT2D eigenvalue weighted by atomic mass is 9.91. The quantitative estimate of drug-likeness (QED) is 0.631. The van der Waals surface area contributed by atoms with Crippen molar-refractivity contribution in [3.63, 3.8) is 0 Å². The zero-order valence-corrected chi connectivity index (χ0v) is 20.0. The van der Waals surface area contributed by atoms with E-state index >= 15 is 4.39 Å². The lowest BCUT2D eigenvalue weighted by Crippen LogP contribution is -2.54. The predicted octanol–water partition coefficient (Wildman–Crippen LogP) is 3.65. The average molecular weight is 500 g/mol. The SMILES string of the molecule is N#CC1(C(=O)N2CC3(CC3)C(NS(=O)CF)C2Cc2cccc(-c3ccccc3)c2F)CCCO1. The van der Waals surface area contributed by atoms with Crippen LogP contribution in [0, 0.1) is 22.6 Å². The van der Waals surface area contributed by atoms with Crippen LogP contribution in [-0.4, -0.2) is 51.9 Å². The van der Waals surface area contributed by atoms with Crippen LogP contribution < -0.4 is 4.72 Å². The third-order valence-corrected chi connectivity index (χ3v) is 8.30. The van der Waals surface area contributed by atoms with Crippen LogP contribution in [0.15, 0.2) is 48.5 Å². The summed E-state index contributed by atoms with van der Waals surface area (Å²) in [6.45, 7) is 0.661. The Balaban J connectivity index is 1.52. The van der Waals surface area contributed by atoms with Gasteiger partial charge in [-0.05, 0) is 36.8 Å². The van der Waals surface area contributed by atoms with Crippen molar-refractivity contribution in [2.24, 2.45) is 5.41 Å². The van der Waals surface area contributed by atoms with Gasteiger partial charge >= 0.3 is 0 Å². The van der Waals surface area contributed by atoms with E-state index < -0.39 is 40.6 Å². The van der Waals surface area contributed by atoms with Crippen molar-refractivity contribution in [2.45, 2.75) is 49.8 Å². The number of rotatable bonds is 7. The fourth-order valence-electron chi connectivity index (χ4n) is 5.58. The van der Waals surface area contributed by atoms with E-state index in [0.29, 0.717) is 37.1 Å². The molecule has 2 aliphatic heterocycles. The Kier molecular flexibility index (Phi) is 6.47. The molecule has 2 saturated heterocycles. The summed E-state index contributed by atoms with van der Waals surface area (Å²) in [5.74, 6) is -0.830. The molecule has 2 aromatic rings. The van der Waals surface area contributed by atoms with Crippen molar-refractivity contribution in [1.29, 1.82) is 5.26 Å². The molecule has 4 atom stereocenters. The highest BCUT2D eigenvalue weighted by atomic mass is 32.2. The molecule has 1 aliphatic carbocycles. The number of carbonyl (C=O) groups is 1. The van der Waals surface area contributed by atoms with Gasteiger partial charge in [-0.15, -0.1) is 0 Å². The summed E-state index contributed by atoms with van der Waals surface area (Å²) in [6, 6.07) is 14.3. The minimum absolute atomic E-state index is 0.142. The molecule has 1 amide bonds. The van der Waals surface area contributed by atoms with Crippen LogP contribution in [0.3, 0.4) is 0 Å². The fraction of sp³-hybridized carbons (Fsp3) is 0.462. The molecular weight excluding hydrogens is 472 g/mol. The lowest BCUT2D eigenvalue weighted by Gasteiger charge is -2.33. The molecule has 0 radical (unpaired) electrons. The first-order valence-electron chi connectivity index (χ1n) is 11.8. The fourth-order valence-corrected chi connectivity index (χ4v) is 6.33. The number of amides is 1. The smallest absolute Gasteiger partial charge is 0.270 e. The zero-order valence-electron chi connectivity index (χ0n) is 19.2. The van der Waals surface area contributed by atoms with Gasteiger partial charge in [-0.2, -0.15) is 5.26 Å². The summed E-state index contributed by atoms with van der Waals surface area (Å²) in [4.78, 5) is 15.3. The van der Waals surface area contributed by atoms with Crippen LogP contribution in [0.2, 0.25) is 0 Å². The molecule has 3 fully saturated rings. The predicted molar refractivity (Wildman–Crippen MR) is 127 cm³/mol. The summed E-state index contributed by atoms with van der Waals surface area (Å²) in [6.07, 6.45) is 2.60. The molecule has 9 heteroatoms. The average Bonchev–Trinajstić information content (AvgIpc) is 3.39. The van der Waals surface area contributed by atoms with Crippen LogP contribution in [-0.2, 0) is 26.9 Å². The van der Waals surface area contributed by atoms with Gasteiger partial charge in [0.1, 0.15) is 22.9 Å². The Morgan fingerprint density at radius 1 is 1.20 bits per heavy atom. The molecular formula is C26H27F2N3O3S. The largest absolute Gasteiger partial charge is 0.352 e. The van der Waals surface area contributed by atoms with Gasteiger partial charge < -0.3 is 9.64 Å². The molecule has 184 valence electrons. The van der Waals surface area contributed by atoms with Gasteiger partial charge in [-0.25, -0.2) is 17.7 Å². The van der Waals surface area contributed by atoms with E-state index in [1.807, 2.05) is 30.3 Å². The summed E-state index contributed by atoms with van der Waals surface area (Å²) in [5, 5.41) is 9.83. The van der Waals surface area contributed by atoms with E-state index in [2.05, 4.69) is 10.8 Å². The normalized spacial score (nSPS) is 27.6. The molecule has 35 heavy (non-hydrogen) atoms. The van der Waals surface area contributed by atoms with Gasteiger partial charge in [0, 0.05) is 36.6 Å². The van der Waals surface area contributed by atoms with E-state index in [1.54, 1.807) is 23.1 Å². The van der Waals surface area contributed by atoms with E-state index in [9.17, 15) is 18.7 Å². The third kappa shape index (κ3) is 4.28. The van der Waals surface area contributed by atoms with E-state index in [1.165, 1.54) is 0 Å². The van der Waals surface area contributed by atoms with Crippen molar-refractivity contribution < 1.29 is 22.5 Å². The number of carbonyl (C=O) groups excluding carboxylic acids is 1. The molecule has 1 spiro atoms. The molecule has 2 aromatic carbocycles. The Labute approximate surface area is 205 Å². The van der Waals surface area contributed by atoms with Crippen molar-refractivity contribution in [2.75, 3.05) is 19.2 Å². The number of benzene rings is 2. The second kappa shape index (κ2) is 9.41. The summed E-state index contributed by atoms with van der Waals surface area (Å²) >= 11 is 0. The number of alkyl halides is 1. The number of likely N-dealkylation sites (tertiary alicyclic amines) is 1. The van der Waals surface area contributed by atoms with Crippen molar-refractivity contribution in [3.05, 3.63) is 59.9 Å². The van der Waals surface area contributed by atoms with E-state index in [-0.39, 0.29) is 17.7 Å². The molecule has 2 heterocycles. The highest BCUT2D eigenvalue weighted by Crippen LogP contribution is 2.56. The summed E-state index contributed by atoms with van der Waals surface area (Å²) in [7, 11) is -1.93. The molecule has 0 aromatic heterocycles. The molecule has 1 saturated carbocycles. The van der Waals surface area contributed by atoms with Gasteiger partial charge in [0.05, 0.1) is 6.04 Å². The number of hydrogen-bond acceptors (Lipinski definition) is 4. The molecule has 1 N–H and O–H groups in total. The number of hydrogen-bond donors (Lipinski definition) is 1. The maximum atomic E-state index is 15.7. The zero-order chi connectivity index (χ0) is 24.6. The number of nitrogens with one attached hydrogen (secondary N) is 1. The maximum Gasteiger partial charge on any atom is 0.270 e. The molecule has 5 rings (SSSR count). The van der Waals surface area contributed by atoms with Gasteiger partial charge in [-0.3, -0.25) is 4.79 Å². The summed E-state index contributed by atoms with van der Waals surface area (Å²) < 4.78 is 49.7. The third-order valence-electron chi connectivity index (χ3n) is 7.58. The van der Waals surface area contributed by atoms with Crippen LogP contribution in [0.25, 0.3) is 11.1 Å². The summed E-state index contributed by atoms with van der Waals surface area (Å²) in [5.41, 5.74) is -0.339. The monoisotopic (exact) mass is 499 g/mol. The van der Waals surface area contributed by atoms with E-state index in [0.717, 1.165) is 18.4 Å². The van der Waals surface area contributed by atoms with Crippen LogP contribution in [0.5, 0.6) is 0 Å². The van der Waals surface area contributed by atoms with Crippen molar-refractivity contribution >= 4 is 16.9 Å². The topological polar surface area (TPSA) is 82.4 Å². The second-order valence-electron chi connectivity index (χ2n) is 9.65. The number of ether oxygens (including phenoxy) is 1. The van der Waals surface area contributed by atoms with Gasteiger partial charge in [0.25, 0.3) is 5.91 Å². The van der Waals surface area contributed by atoms with Crippen molar-refractivity contribution in [3.8, 4) is 17.2 Å². The van der Waals surface area contributed by atoms with Gasteiger partial charge in [0.2, 0.25) is 5.60 Å². The number of halogens is 2. The van der Waals surface area contributed by atoms with E-state index in [4.69, 9.17) is 4.74 Å².